The van der Waals surface area contributed by atoms with Crippen LogP contribution in [0.15, 0.2) is 0 Å². The van der Waals surface area contributed by atoms with Gasteiger partial charge in [-0.05, 0) is 27.2 Å². The molecule has 4 heteroatoms. The molecule has 2 amide bonds. The quantitative estimate of drug-likeness (QED) is 0.735. The second-order valence-electron chi connectivity index (χ2n) is 5.28. The Balaban J connectivity index is 2.44. The highest BCUT2D eigenvalue weighted by atomic mass is 16.2. The third-order valence-electron chi connectivity index (χ3n) is 2.59. The van der Waals surface area contributed by atoms with Crippen LogP contribution >= 0.6 is 0 Å². The second kappa shape index (κ2) is 3.83. The predicted molar refractivity (Wildman–Crippen MR) is 58.2 cm³/mol. The Morgan fingerprint density at radius 1 is 1.33 bits per heavy atom. The zero-order chi connectivity index (χ0) is 11.8. The minimum absolute atomic E-state index is 0.0156. The lowest BCUT2D eigenvalue weighted by Gasteiger charge is -2.21. The van der Waals surface area contributed by atoms with Crippen molar-refractivity contribution in [2.75, 3.05) is 7.05 Å². The van der Waals surface area contributed by atoms with Crippen molar-refractivity contribution in [1.29, 1.82) is 0 Å². The van der Waals surface area contributed by atoms with Crippen LogP contribution in [0.25, 0.3) is 0 Å². The van der Waals surface area contributed by atoms with Gasteiger partial charge in [-0.2, -0.15) is 0 Å². The van der Waals surface area contributed by atoms with Crippen LogP contribution in [0.2, 0.25) is 0 Å². The Morgan fingerprint density at radius 3 is 2.27 bits per heavy atom. The minimum Gasteiger partial charge on any atom is -0.351 e. The normalized spacial score (nSPS) is 24.6. The molecule has 0 aromatic carbocycles. The van der Waals surface area contributed by atoms with Crippen LogP contribution < -0.4 is 5.32 Å². The molecule has 0 spiro atoms. The minimum atomic E-state index is -0.195. The highest BCUT2D eigenvalue weighted by Crippen LogP contribution is 2.35. The van der Waals surface area contributed by atoms with E-state index in [0.29, 0.717) is 0 Å². The molecule has 0 heterocycles. The summed E-state index contributed by atoms with van der Waals surface area (Å²) in [4.78, 5) is 24.4. The van der Waals surface area contributed by atoms with Gasteiger partial charge in [0.1, 0.15) is 0 Å². The third kappa shape index (κ3) is 3.22. The van der Waals surface area contributed by atoms with Crippen molar-refractivity contribution >= 4 is 11.8 Å². The molecule has 1 saturated carbocycles. The van der Waals surface area contributed by atoms with E-state index in [-0.39, 0.29) is 29.3 Å². The molecule has 0 radical (unpaired) electrons. The van der Waals surface area contributed by atoms with Gasteiger partial charge in [-0.25, -0.2) is 0 Å². The first-order valence-electron chi connectivity index (χ1n) is 5.28. The van der Waals surface area contributed by atoms with Gasteiger partial charge in [0.15, 0.2) is 0 Å². The summed E-state index contributed by atoms with van der Waals surface area (Å²) in [6, 6.07) is 0.102. The average Bonchev–Trinajstić information content (AvgIpc) is 2.77. The number of carbonyl (C=O) groups is 2. The van der Waals surface area contributed by atoms with Crippen molar-refractivity contribution in [2.24, 2.45) is 5.92 Å². The maximum Gasteiger partial charge on any atom is 0.225 e. The molecule has 0 aromatic heterocycles. The second-order valence-corrected chi connectivity index (χ2v) is 5.28. The van der Waals surface area contributed by atoms with Gasteiger partial charge in [-0.1, -0.05) is 0 Å². The molecule has 0 saturated heterocycles. The van der Waals surface area contributed by atoms with Crippen molar-refractivity contribution in [3.05, 3.63) is 0 Å². The van der Waals surface area contributed by atoms with E-state index in [1.807, 2.05) is 20.8 Å². The first-order chi connectivity index (χ1) is 6.72. The molecule has 1 aliphatic carbocycles. The van der Waals surface area contributed by atoms with E-state index in [1.54, 1.807) is 11.9 Å². The summed E-state index contributed by atoms with van der Waals surface area (Å²) in [6.45, 7) is 7.39. The molecule has 1 fully saturated rings. The number of nitrogens with one attached hydrogen (secondary N) is 1. The van der Waals surface area contributed by atoms with Crippen LogP contribution in [0, 0.1) is 5.92 Å². The van der Waals surface area contributed by atoms with E-state index in [0.717, 1.165) is 6.42 Å². The van der Waals surface area contributed by atoms with Gasteiger partial charge in [0.05, 0.1) is 5.92 Å². The van der Waals surface area contributed by atoms with E-state index >= 15 is 0 Å². The van der Waals surface area contributed by atoms with E-state index in [2.05, 4.69) is 5.32 Å². The van der Waals surface area contributed by atoms with Crippen LogP contribution in [0.5, 0.6) is 0 Å². The van der Waals surface area contributed by atoms with Gasteiger partial charge < -0.3 is 10.2 Å². The zero-order valence-electron chi connectivity index (χ0n) is 10.1. The van der Waals surface area contributed by atoms with Crippen LogP contribution in [0.3, 0.4) is 0 Å². The Hall–Kier alpha value is -1.06. The maximum atomic E-state index is 11.7. The number of amides is 2. The van der Waals surface area contributed by atoms with Gasteiger partial charge in [0, 0.05) is 25.6 Å². The number of nitrogens with zero attached hydrogens (tertiary/aromatic N) is 1. The van der Waals surface area contributed by atoms with Gasteiger partial charge >= 0.3 is 0 Å². The maximum absolute atomic E-state index is 11.7. The average molecular weight is 212 g/mol. The molecular weight excluding hydrogens is 192 g/mol. The van der Waals surface area contributed by atoms with Crippen molar-refractivity contribution in [3.8, 4) is 0 Å². The topological polar surface area (TPSA) is 49.4 Å². The van der Waals surface area contributed by atoms with E-state index in [4.69, 9.17) is 0 Å². The first-order valence-corrected chi connectivity index (χ1v) is 5.28. The number of carbonyl (C=O) groups excluding carboxylic acids is 2. The largest absolute Gasteiger partial charge is 0.351 e. The summed E-state index contributed by atoms with van der Waals surface area (Å²) >= 11 is 0. The fraction of sp³-hybridized carbons (Fsp3) is 0.818. The Labute approximate surface area is 91.0 Å². The van der Waals surface area contributed by atoms with Crippen LogP contribution in [-0.4, -0.2) is 35.3 Å². The molecule has 1 N–H and O–H groups in total. The van der Waals surface area contributed by atoms with E-state index in [9.17, 15) is 9.59 Å². The molecule has 1 aliphatic rings. The lowest BCUT2D eigenvalue weighted by molar-refractivity contribution is -0.129. The molecule has 15 heavy (non-hydrogen) atoms. The summed E-state index contributed by atoms with van der Waals surface area (Å²) in [6.07, 6.45) is 0.790. The van der Waals surface area contributed by atoms with Crippen molar-refractivity contribution in [3.63, 3.8) is 0 Å². The van der Waals surface area contributed by atoms with Crippen molar-refractivity contribution in [1.82, 2.24) is 10.2 Å². The fourth-order valence-electron chi connectivity index (χ4n) is 1.59. The van der Waals surface area contributed by atoms with Gasteiger partial charge in [-0.3, -0.25) is 9.59 Å². The highest BCUT2D eigenvalue weighted by molar-refractivity contribution is 5.84. The number of hydrogen-bond acceptors (Lipinski definition) is 2. The summed E-state index contributed by atoms with van der Waals surface area (Å²) in [5, 5.41) is 2.93. The number of rotatable bonds is 2. The van der Waals surface area contributed by atoms with Gasteiger partial charge in [0.2, 0.25) is 11.8 Å². The molecule has 0 aliphatic heterocycles. The summed E-state index contributed by atoms with van der Waals surface area (Å²) < 4.78 is 0. The zero-order valence-corrected chi connectivity index (χ0v) is 10.1. The van der Waals surface area contributed by atoms with Crippen molar-refractivity contribution < 1.29 is 9.59 Å². The van der Waals surface area contributed by atoms with Gasteiger partial charge in [0.25, 0.3) is 0 Å². The summed E-state index contributed by atoms with van der Waals surface area (Å²) in [5.41, 5.74) is -0.195. The molecule has 0 aromatic rings. The highest BCUT2D eigenvalue weighted by Gasteiger charge is 2.47. The molecule has 0 bridgehead atoms. The Bertz CT molecular complexity index is 281. The molecule has 2 atom stereocenters. The lowest BCUT2D eigenvalue weighted by Crippen LogP contribution is -2.43. The van der Waals surface area contributed by atoms with Crippen LogP contribution in [0.1, 0.15) is 34.1 Å². The van der Waals surface area contributed by atoms with Crippen LogP contribution in [0.4, 0.5) is 0 Å². The molecule has 4 nitrogen and oxygen atoms in total. The lowest BCUT2D eigenvalue weighted by atomic mass is 10.1. The van der Waals surface area contributed by atoms with Crippen molar-refractivity contribution in [2.45, 2.75) is 45.7 Å². The van der Waals surface area contributed by atoms with E-state index < -0.39 is 0 Å². The standard InChI is InChI=1S/C11H20N2O2/c1-7(14)13(5)9-6-8(9)10(15)12-11(2,3)4/h8-9H,6H2,1-5H3,(H,12,15)/t8-,9-/m1/s1. The SMILES string of the molecule is CC(=O)N(C)[C@@H]1C[C@H]1C(=O)NC(C)(C)C. The number of hydrogen-bond donors (Lipinski definition) is 1. The monoisotopic (exact) mass is 212 g/mol. The van der Waals surface area contributed by atoms with E-state index in [1.165, 1.54) is 6.92 Å². The van der Waals surface area contributed by atoms with Crippen LogP contribution in [-0.2, 0) is 9.59 Å². The molecular formula is C11H20N2O2. The molecule has 0 unspecified atom stereocenters. The van der Waals surface area contributed by atoms with Gasteiger partial charge in [-0.15, -0.1) is 0 Å². The molecule has 1 rings (SSSR count). The predicted octanol–water partition coefficient (Wildman–Crippen LogP) is 0.768. The smallest absolute Gasteiger partial charge is 0.225 e. The molecule has 86 valence electrons. The fourth-order valence-corrected chi connectivity index (χ4v) is 1.59. The Kier molecular flexibility index (Phi) is 3.07. The Morgan fingerprint density at radius 2 is 1.87 bits per heavy atom. The third-order valence-corrected chi connectivity index (χ3v) is 2.59. The summed E-state index contributed by atoms with van der Waals surface area (Å²) in [5.74, 6) is 0.0600. The first kappa shape index (κ1) is 12.0. The summed E-state index contributed by atoms with van der Waals surface area (Å²) in [7, 11) is 1.75.